The molecule has 0 bridgehead atoms. The highest BCUT2D eigenvalue weighted by Gasteiger charge is 2.34. The summed E-state index contributed by atoms with van der Waals surface area (Å²) in [5, 5.41) is 6.66. The van der Waals surface area contributed by atoms with E-state index in [0.717, 1.165) is 55.3 Å². The first-order valence-corrected chi connectivity index (χ1v) is 13.1. The summed E-state index contributed by atoms with van der Waals surface area (Å²) in [5.74, 6) is 0.837. The molecule has 6 heteroatoms. The quantitative estimate of drug-likeness (QED) is 0.471. The lowest BCUT2D eigenvalue weighted by atomic mass is 9.95. The molecule has 0 radical (unpaired) electrons. The average Bonchev–Trinajstić information content (AvgIpc) is 3.37. The van der Waals surface area contributed by atoms with Crippen molar-refractivity contribution in [3.8, 4) is 5.75 Å². The van der Waals surface area contributed by atoms with Crippen LogP contribution in [0.15, 0.2) is 77.9 Å². The molecule has 2 heterocycles. The monoisotopic (exact) mass is 496 g/mol. The van der Waals surface area contributed by atoms with Crippen molar-refractivity contribution >= 4 is 11.6 Å². The molecule has 0 N–H and O–H groups in total. The molecule has 2 aliphatic heterocycles. The van der Waals surface area contributed by atoms with Crippen molar-refractivity contribution in [3.05, 3.63) is 101 Å². The number of benzene rings is 3. The van der Waals surface area contributed by atoms with Gasteiger partial charge in [0, 0.05) is 44.7 Å². The van der Waals surface area contributed by atoms with Crippen LogP contribution in [0.25, 0.3) is 0 Å². The largest absolute Gasteiger partial charge is 0.497 e. The van der Waals surface area contributed by atoms with Gasteiger partial charge in [-0.15, -0.1) is 0 Å². The predicted molar refractivity (Wildman–Crippen MR) is 148 cm³/mol. The first kappa shape index (κ1) is 25.2. The number of hydrazone groups is 1. The van der Waals surface area contributed by atoms with E-state index in [-0.39, 0.29) is 11.9 Å². The molecule has 1 atom stereocenters. The van der Waals surface area contributed by atoms with Gasteiger partial charge in [-0.05, 0) is 48.7 Å². The third-order valence-electron chi connectivity index (χ3n) is 7.42. The maximum absolute atomic E-state index is 13.7. The van der Waals surface area contributed by atoms with Crippen molar-refractivity contribution in [3.63, 3.8) is 0 Å². The van der Waals surface area contributed by atoms with Crippen LogP contribution in [0.4, 0.5) is 0 Å². The maximum Gasteiger partial charge on any atom is 0.257 e. The summed E-state index contributed by atoms with van der Waals surface area (Å²) >= 11 is 0. The van der Waals surface area contributed by atoms with E-state index in [0.29, 0.717) is 13.0 Å². The van der Waals surface area contributed by atoms with E-state index in [1.165, 1.54) is 16.7 Å². The molecule has 1 saturated heterocycles. The fourth-order valence-electron chi connectivity index (χ4n) is 5.27. The lowest BCUT2D eigenvalue weighted by Crippen LogP contribution is -2.49. The van der Waals surface area contributed by atoms with Crippen LogP contribution >= 0.6 is 0 Å². The molecule has 2 aliphatic rings. The van der Waals surface area contributed by atoms with Crippen molar-refractivity contribution in [2.45, 2.75) is 32.9 Å². The number of carbonyl (C=O) groups excluding carboxylic acids is 1. The van der Waals surface area contributed by atoms with Crippen LogP contribution in [-0.2, 0) is 11.3 Å². The number of nitrogens with zero attached hydrogens (tertiary/aromatic N) is 4. The minimum absolute atomic E-state index is 0.0460. The summed E-state index contributed by atoms with van der Waals surface area (Å²) in [6.07, 6.45) is 0.689. The van der Waals surface area contributed by atoms with Gasteiger partial charge in [0.05, 0.1) is 25.4 Å². The SMILES string of the molecule is COc1cccc([C@H]2CC(c3cc(C)ccc3C)=NN2C(=O)CN2CCN(Cc3ccccc3)CC2)c1. The summed E-state index contributed by atoms with van der Waals surface area (Å²) in [6, 6.07) is 24.9. The molecular weight excluding hydrogens is 460 g/mol. The summed E-state index contributed by atoms with van der Waals surface area (Å²) < 4.78 is 5.48. The smallest absolute Gasteiger partial charge is 0.257 e. The Morgan fingerprint density at radius 2 is 1.68 bits per heavy atom. The van der Waals surface area contributed by atoms with Gasteiger partial charge in [-0.1, -0.05) is 60.2 Å². The van der Waals surface area contributed by atoms with Gasteiger partial charge in [0.15, 0.2) is 0 Å². The highest BCUT2D eigenvalue weighted by molar-refractivity contribution is 6.04. The van der Waals surface area contributed by atoms with Gasteiger partial charge in [0.2, 0.25) is 0 Å². The molecule has 0 saturated carbocycles. The highest BCUT2D eigenvalue weighted by atomic mass is 16.5. The standard InChI is InChI=1S/C31H36N4O2/c1-23-12-13-24(2)28(18-23)29-20-30(26-10-7-11-27(19-26)37-3)35(32-29)31(36)22-34-16-14-33(15-17-34)21-25-8-5-4-6-9-25/h4-13,18-19,30H,14-17,20-22H2,1-3H3/t30-/m1/s1. The Labute approximate surface area is 220 Å². The number of aryl methyl sites for hydroxylation is 2. The Morgan fingerprint density at radius 1 is 0.919 bits per heavy atom. The lowest BCUT2D eigenvalue weighted by Gasteiger charge is -2.35. The van der Waals surface area contributed by atoms with Crippen LogP contribution in [-0.4, -0.2) is 66.3 Å². The molecule has 192 valence electrons. The van der Waals surface area contributed by atoms with Crippen LogP contribution in [0.3, 0.4) is 0 Å². The Hall–Kier alpha value is -3.48. The van der Waals surface area contributed by atoms with E-state index in [1.807, 2.05) is 18.2 Å². The molecule has 0 aliphatic carbocycles. The van der Waals surface area contributed by atoms with Gasteiger partial charge in [-0.25, -0.2) is 5.01 Å². The number of hydrogen-bond acceptors (Lipinski definition) is 5. The molecule has 0 aromatic heterocycles. The number of carbonyl (C=O) groups is 1. The van der Waals surface area contributed by atoms with E-state index in [4.69, 9.17) is 9.84 Å². The minimum atomic E-state index is -0.142. The summed E-state index contributed by atoms with van der Waals surface area (Å²) in [7, 11) is 1.67. The zero-order valence-corrected chi connectivity index (χ0v) is 22.1. The van der Waals surface area contributed by atoms with Gasteiger partial charge >= 0.3 is 0 Å². The Kier molecular flexibility index (Phi) is 7.68. The predicted octanol–water partition coefficient (Wildman–Crippen LogP) is 4.81. The number of piperazine rings is 1. The highest BCUT2D eigenvalue weighted by Crippen LogP contribution is 2.35. The molecule has 6 nitrogen and oxygen atoms in total. The third kappa shape index (κ3) is 5.92. The molecule has 3 aromatic carbocycles. The topological polar surface area (TPSA) is 48.4 Å². The first-order chi connectivity index (χ1) is 18.0. The minimum Gasteiger partial charge on any atom is -0.497 e. The third-order valence-corrected chi connectivity index (χ3v) is 7.42. The van der Waals surface area contributed by atoms with E-state index < -0.39 is 0 Å². The molecule has 0 spiro atoms. The normalized spacial score (nSPS) is 18.6. The molecule has 3 aromatic rings. The zero-order valence-electron chi connectivity index (χ0n) is 22.1. The number of rotatable bonds is 7. The van der Waals surface area contributed by atoms with Gasteiger partial charge in [-0.2, -0.15) is 5.10 Å². The van der Waals surface area contributed by atoms with Crippen LogP contribution in [0.1, 0.15) is 40.3 Å². The second-order valence-corrected chi connectivity index (χ2v) is 10.1. The number of hydrogen-bond donors (Lipinski definition) is 0. The summed E-state index contributed by atoms with van der Waals surface area (Å²) in [4.78, 5) is 18.4. The molecule has 5 rings (SSSR count). The van der Waals surface area contributed by atoms with E-state index in [1.54, 1.807) is 12.1 Å². The van der Waals surface area contributed by atoms with Crippen LogP contribution in [0, 0.1) is 13.8 Å². The van der Waals surface area contributed by atoms with Crippen molar-refractivity contribution in [2.75, 3.05) is 39.8 Å². The molecule has 1 amide bonds. The van der Waals surface area contributed by atoms with Gasteiger partial charge < -0.3 is 4.74 Å². The Bertz CT molecular complexity index is 1270. The van der Waals surface area contributed by atoms with Crippen molar-refractivity contribution in [1.82, 2.24) is 14.8 Å². The maximum atomic E-state index is 13.7. The van der Waals surface area contributed by atoms with Crippen LogP contribution in [0.2, 0.25) is 0 Å². The van der Waals surface area contributed by atoms with Gasteiger partial charge in [0.25, 0.3) is 5.91 Å². The first-order valence-electron chi connectivity index (χ1n) is 13.1. The number of amides is 1. The van der Waals surface area contributed by atoms with Gasteiger partial charge in [-0.3, -0.25) is 14.6 Å². The van der Waals surface area contributed by atoms with E-state index in [9.17, 15) is 4.79 Å². The average molecular weight is 497 g/mol. The lowest BCUT2D eigenvalue weighted by molar-refractivity contribution is -0.134. The zero-order chi connectivity index (χ0) is 25.8. The number of ether oxygens (including phenoxy) is 1. The molecule has 1 fully saturated rings. The van der Waals surface area contributed by atoms with E-state index in [2.05, 4.69) is 78.2 Å². The summed E-state index contributed by atoms with van der Waals surface area (Å²) in [5.41, 5.74) is 6.84. The summed E-state index contributed by atoms with van der Waals surface area (Å²) in [6.45, 7) is 9.21. The van der Waals surface area contributed by atoms with Crippen LogP contribution < -0.4 is 4.74 Å². The van der Waals surface area contributed by atoms with Crippen molar-refractivity contribution < 1.29 is 9.53 Å². The van der Waals surface area contributed by atoms with E-state index >= 15 is 0 Å². The molecule has 37 heavy (non-hydrogen) atoms. The Morgan fingerprint density at radius 3 is 2.43 bits per heavy atom. The van der Waals surface area contributed by atoms with Gasteiger partial charge in [0.1, 0.15) is 5.75 Å². The van der Waals surface area contributed by atoms with Crippen molar-refractivity contribution in [1.29, 1.82) is 0 Å². The molecular formula is C31H36N4O2. The number of methoxy groups -OCH3 is 1. The van der Waals surface area contributed by atoms with Crippen LogP contribution in [0.5, 0.6) is 5.75 Å². The second-order valence-electron chi connectivity index (χ2n) is 10.1. The van der Waals surface area contributed by atoms with Crippen molar-refractivity contribution in [2.24, 2.45) is 5.10 Å². The fraction of sp³-hybridized carbons (Fsp3) is 0.355. The Balaban J connectivity index is 1.31. The fourth-order valence-corrected chi connectivity index (χ4v) is 5.27. The molecule has 0 unspecified atom stereocenters. The second kappa shape index (κ2) is 11.3.